The van der Waals surface area contributed by atoms with E-state index in [1.54, 1.807) is 10.7 Å². The molecule has 0 N–H and O–H groups in total. The highest BCUT2D eigenvalue weighted by molar-refractivity contribution is 5.92. The van der Waals surface area contributed by atoms with E-state index in [2.05, 4.69) is 14.9 Å². The minimum Gasteiger partial charge on any atom is -0.379 e. The van der Waals surface area contributed by atoms with Crippen LogP contribution in [0.3, 0.4) is 0 Å². The number of morpholine rings is 1. The van der Waals surface area contributed by atoms with E-state index in [0.29, 0.717) is 12.2 Å². The lowest BCUT2D eigenvalue weighted by molar-refractivity contribution is -0.136. The summed E-state index contributed by atoms with van der Waals surface area (Å²) >= 11 is 0. The number of carbonyl (C=O) groups is 2. The van der Waals surface area contributed by atoms with Gasteiger partial charge >= 0.3 is 0 Å². The second-order valence-corrected chi connectivity index (χ2v) is 8.36. The summed E-state index contributed by atoms with van der Waals surface area (Å²) in [5.41, 5.74) is 0.501. The van der Waals surface area contributed by atoms with Gasteiger partial charge in [-0.15, -0.1) is 0 Å². The number of nitrogens with zero attached hydrogens (tertiary/aromatic N) is 5. The standard InChI is InChI=1S/C21H33N5O3/c1-2-25-9-7-19(22-25)21(28)24-8-3-4-18(16-24)26(20(27)17-5-6-17)11-10-23-12-14-29-15-13-23/h7,9,17-18H,2-6,8,10-16H2,1H3. The quantitative estimate of drug-likeness (QED) is 0.681. The Balaban J connectivity index is 1.40. The molecule has 1 atom stereocenters. The summed E-state index contributed by atoms with van der Waals surface area (Å²) in [5, 5.41) is 4.37. The molecule has 3 fully saturated rings. The van der Waals surface area contributed by atoms with Gasteiger partial charge in [0.25, 0.3) is 5.91 Å². The molecular formula is C21H33N5O3. The van der Waals surface area contributed by atoms with E-state index in [4.69, 9.17) is 4.74 Å². The number of amides is 2. The summed E-state index contributed by atoms with van der Waals surface area (Å²) < 4.78 is 7.21. The highest BCUT2D eigenvalue weighted by Gasteiger charge is 2.38. The van der Waals surface area contributed by atoms with Crippen LogP contribution in [0.1, 0.15) is 43.1 Å². The Morgan fingerprint density at radius 2 is 2.00 bits per heavy atom. The smallest absolute Gasteiger partial charge is 0.274 e. The van der Waals surface area contributed by atoms with Gasteiger partial charge in [-0.2, -0.15) is 5.10 Å². The third-order valence-electron chi connectivity index (χ3n) is 6.28. The van der Waals surface area contributed by atoms with Crippen molar-refractivity contribution in [1.82, 2.24) is 24.5 Å². The van der Waals surface area contributed by atoms with E-state index in [1.807, 2.05) is 18.0 Å². The van der Waals surface area contributed by atoms with Crippen LogP contribution in [0.4, 0.5) is 0 Å². The van der Waals surface area contributed by atoms with Crippen LogP contribution in [0.15, 0.2) is 12.3 Å². The third-order valence-corrected chi connectivity index (χ3v) is 6.28. The fourth-order valence-corrected chi connectivity index (χ4v) is 4.32. The largest absolute Gasteiger partial charge is 0.379 e. The van der Waals surface area contributed by atoms with Crippen molar-refractivity contribution in [3.8, 4) is 0 Å². The van der Waals surface area contributed by atoms with Crippen LogP contribution in [0.2, 0.25) is 0 Å². The molecule has 0 spiro atoms. The van der Waals surface area contributed by atoms with Gasteiger partial charge in [-0.1, -0.05) is 0 Å². The Morgan fingerprint density at radius 3 is 2.69 bits per heavy atom. The van der Waals surface area contributed by atoms with Crippen LogP contribution in [0, 0.1) is 5.92 Å². The Bertz CT molecular complexity index is 711. The van der Waals surface area contributed by atoms with Crippen molar-refractivity contribution >= 4 is 11.8 Å². The molecule has 1 aromatic rings. The number of hydrogen-bond donors (Lipinski definition) is 0. The van der Waals surface area contributed by atoms with Crippen molar-refractivity contribution in [1.29, 1.82) is 0 Å². The molecule has 8 heteroatoms. The lowest BCUT2D eigenvalue weighted by atomic mass is 10.0. The van der Waals surface area contributed by atoms with Gasteiger partial charge in [0.15, 0.2) is 0 Å². The zero-order chi connectivity index (χ0) is 20.2. The number of aromatic nitrogens is 2. The molecule has 4 rings (SSSR count). The Hall–Kier alpha value is -1.93. The van der Waals surface area contributed by atoms with Crippen LogP contribution in [0.5, 0.6) is 0 Å². The van der Waals surface area contributed by atoms with Crippen molar-refractivity contribution in [2.75, 3.05) is 52.5 Å². The normalized spacial score (nSPS) is 23.2. The molecule has 0 bridgehead atoms. The molecule has 1 saturated carbocycles. The van der Waals surface area contributed by atoms with Crippen LogP contribution >= 0.6 is 0 Å². The maximum absolute atomic E-state index is 13.0. The predicted octanol–water partition coefficient (Wildman–Crippen LogP) is 1.08. The average Bonchev–Trinajstić information content (AvgIpc) is 3.51. The number of likely N-dealkylation sites (tertiary alicyclic amines) is 1. The van der Waals surface area contributed by atoms with E-state index in [-0.39, 0.29) is 23.8 Å². The zero-order valence-corrected chi connectivity index (χ0v) is 17.5. The lowest BCUT2D eigenvalue weighted by Crippen LogP contribution is -2.54. The molecule has 3 aliphatic rings. The Labute approximate surface area is 172 Å². The summed E-state index contributed by atoms with van der Waals surface area (Å²) in [6.45, 7) is 9.14. The summed E-state index contributed by atoms with van der Waals surface area (Å²) in [5.74, 6) is 0.465. The maximum Gasteiger partial charge on any atom is 0.274 e. The fourth-order valence-electron chi connectivity index (χ4n) is 4.32. The van der Waals surface area contributed by atoms with Crippen LogP contribution in [0.25, 0.3) is 0 Å². The molecule has 29 heavy (non-hydrogen) atoms. The topological polar surface area (TPSA) is 70.9 Å². The molecule has 0 aromatic carbocycles. The van der Waals surface area contributed by atoms with Gasteiger partial charge in [0.1, 0.15) is 5.69 Å². The number of aryl methyl sites for hydroxylation is 1. The van der Waals surface area contributed by atoms with E-state index < -0.39 is 0 Å². The van der Waals surface area contributed by atoms with Crippen molar-refractivity contribution in [2.45, 2.75) is 45.2 Å². The van der Waals surface area contributed by atoms with E-state index in [0.717, 1.165) is 78.2 Å². The molecule has 8 nitrogen and oxygen atoms in total. The van der Waals surface area contributed by atoms with E-state index >= 15 is 0 Å². The molecule has 2 saturated heterocycles. The van der Waals surface area contributed by atoms with Gasteiger partial charge in [0, 0.05) is 64.0 Å². The van der Waals surface area contributed by atoms with Gasteiger partial charge in [0.2, 0.25) is 5.91 Å². The van der Waals surface area contributed by atoms with Crippen LogP contribution in [-0.4, -0.2) is 94.8 Å². The maximum atomic E-state index is 13.0. The van der Waals surface area contributed by atoms with Gasteiger partial charge in [-0.25, -0.2) is 0 Å². The predicted molar refractivity (Wildman–Crippen MR) is 109 cm³/mol. The number of rotatable bonds is 7. The van der Waals surface area contributed by atoms with Crippen molar-refractivity contribution in [3.05, 3.63) is 18.0 Å². The molecule has 2 amide bonds. The first-order valence-electron chi connectivity index (χ1n) is 11.1. The number of ether oxygens (including phenoxy) is 1. The average molecular weight is 404 g/mol. The first-order chi connectivity index (χ1) is 14.2. The minimum absolute atomic E-state index is 0.0195. The summed E-state index contributed by atoms with van der Waals surface area (Å²) in [6, 6.07) is 1.90. The summed E-state index contributed by atoms with van der Waals surface area (Å²) in [7, 11) is 0. The van der Waals surface area contributed by atoms with Crippen molar-refractivity contribution in [3.63, 3.8) is 0 Å². The van der Waals surface area contributed by atoms with Crippen molar-refractivity contribution < 1.29 is 14.3 Å². The first-order valence-corrected chi connectivity index (χ1v) is 11.1. The molecule has 0 radical (unpaired) electrons. The van der Waals surface area contributed by atoms with Crippen LogP contribution < -0.4 is 0 Å². The number of hydrogen-bond acceptors (Lipinski definition) is 5. The highest BCUT2D eigenvalue weighted by atomic mass is 16.5. The SMILES string of the molecule is CCn1ccc(C(=O)N2CCCC(N(CCN3CCOCC3)C(=O)C3CC3)C2)n1. The molecule has 3 heterocycles. The minimum atomic E-state index is -0.0195. The molecule has 160 valence electrons. The monoisotopic (exact) mass is 403 g/mol. The molecular weight excluding hydrogens is 370 g/mol. The van der Waals surface area contributed by atoms with Gasteiger partial charge < -0.3 is 14.5 Å². The van der Waals surface area contributed by atoms with E-state index in [1.165, 1.54) is 0 Å². The first kappa shape index (κ1) is 20.3. The third kappa shape index (κ3) is 4.98. The lowest BCUT2D eigenvalue weighted by Gasteiger charge is -2.40. The molecule has 2 aliphatic heterocycles. The Kier molecular flexibility index (Phi) is 6.50. The van der Waals surface area contributed by atoms with E-state index in [9.17, 15) is 9.59 Å². The molecule has 1 unspecified atom stereocenters. The summed E-state index contributed by atoms with van der Waals surface area (Å²) in [6.07, 6.45) is 5.76. The van der Waals surface area contributed by atoms with Gasteiger partial charge in [-0.3, -0.25) is 19.2 Å². The fraction of sp³-hybridized carbons (Fsp3) is 0.762. The summed E-state index contributed by atoms with van der Waals surface area (Å²) in [4.78, 5) is 32.3. The zero-order valence-electron chi connectivity index (χ0n) is 17.5. The molecule has 1 aliphatic carbocycles. The van der Waals surface area contributed by atoms with Gasteiger partial charge in [-0.05, 0) is 38.7 Å². The second kappa shape index (κ2) is 9.26. The molecule has 1 aromatic heterocycles. The Morgan fingerprint density at radius 1 is 1.21 bits per heavy atom. The van der Waals surface area contributed by atoms with Crippen LogP contribution in [-0.2, 0) is 16.1 Å². The van der Waals surface area contributed by atoms with Crippen molar-refractivity contribution in [2.24, 2.45) is 5.92 Å². The highest BCUT2D eigenvalue weighted by Crippen LogP contribution is 2.32. The second-order valence-electron chi connectivity index (χ2n) is 8.36. The van der Waals surface area contributed by atoms with Gasteiger partial charge in [0.05, 0.1) is 13.2 Å². The number of piperidine rings is 1. The number of carbonyl (C=O) groups excluding carboxylic acids is 2.